The van der Waals surface area contributed by atoms with Gasteiger partial charge in [-0.15, -0.1) is 0 Å². The van der Waals surface area contributed by atoms with Crippen LogP contribution in [0.4, 0.5) is 0 Å². The zero-order valence-corrected chi connectivity index (χ0v) is 13.8. The molecule has 0 aliphatic heterocycles. The molecule has 0 atom stereocenters. The smallest absolute Gasteiger partial charge is 0.251 e. The Kier molecular flexibility index (Phi) is 5.46. The minimum atomic E-state index is -3.62. The number of amides is 1. The summed E-state index contributed by atoms with van der Waals surface area (Å²) in [6.07, 6.45) is 3.31. The second-order valence-corrected chi connectivity index (χ2v) is 7.06. The first kappa shape index (κ1) is 17.1. The fourth-order valence-electron chi connectivity index (χ4n) is 1.97. The number of sulfonamides is 1. The molecule has 0 radical (unpaired) electrons. The van der Waals surface area contributed by atoms with E-state index in [0.29, 0.717) is 12.1 Å². The van der Waals surface area contributed by atoms with Crippen LogP contribution in [-0.4, -0.2) is 25.4 Å². The predicted octanol–water partition coefficient (Wildman–Crippen LogP) is 1.70. The van der Waals surface area contributed by atoms with Crippen molar-refractivity contribution in [3.05, 3.63) is 59.9 Å². The number of carbonyl (C=O) groups excluding carboxylic acids is 1. The number of hydrogen-bond acceptors (Lipinski definition) is 4. The lowest BCUT2D eigenvalue weighted by atomic mass is 10.2. The molecule has 1 aromatic carbocycles. The third-order valence-corrected chi connectivity index (χ3v) is 4.63. The molecule has 0 fully saturated rings. The van der Waals surface area contributed by atoms with Crippen LogP contribution in [0.2, 0.25) is 0 Å². The van der Waals surface area contributed by atoms with E-state index in [4.69, 9.17) is 0 Å². The van der Waals surface area contributed by atoms with Crippen molar-refractivity contribution in [1.29, 1.82) is 0 Å². The standard InChI is InChI=1S/C16H19N3O3S/c1-12(2)19-23(21,22)15-7-3-6-14(9-15)16(20)18-11-13-5-4-8-17-10-13/h3-10,12,19H,11H2,1-2H3,(H,18,20). The van der Waals surface area contributed by atoms with Crippen LogP contribution >= 0.6 is 0 Å². The molecule has 23 heavy (non-hydrogen) atoms. The van der Waals surface area contributed by atoms with Crippen LogP contribution in [0.3, 0.4) is 0 Å². The Hall–Kier alpha value is -2.25. The van der Waals surface area contributed by atoms with Crippen molar-refractivity contribution in [2.45, 2.75) is 31.3 Å². The molecule has 0 bridgehead atoms. The number of nitrogens with zero attached hydrogens (tertiary/aromatic N) is 1. The summed E-state index contributed by atoms with van der Waals surface area (Å²) < 4.78 is 26.8. The molecule has 0 spiro atoms. The Morgan fingerprint density at radius 1 is 1.22 bits per heavy atom. The van der Waals surface area contributed by atoms with Crippen molar-refractivity contribution in [3.63, 3.8) is 0 Å². The molecule has 7 heteroatoms. The maximum Gasteiger partial charge on any atom is 0.251 e. The van der Waals surface area contributed by atoms with Crippen molar-refractivity contribution in [2.24, 2.45) is 0 Å². The summed E-state index contributed by atoms with van der Waals surface area (Å²) in [7, 11) is -3.62. The van der Waals surface area contributed by atoms with Gasteiger partial charge in [-0.3, -0.25) is 9.78 Å². The molecular formula is C16H19N3O3S. The van der Waals surface area contributed by atoms with Crippen LogP contribution in [0.15, 0.2) is 53.7 Å². The van der Waals surface area contributed by atoms with Crippen LogP contribution in [0.1, 0.15) is 29.8 Å². The highest BCUT2D eigenvalue weighted by atomic mass is 32.2. The van der Waals surface area contributed by atoms with Crippen molar-refractivity contribution >= 4 is 15.9 Å². The number of benzene rings is 1. The highest BCUT2D eigenvalue weighted by Gasteiger charge is 2.17. The summed E-state index contributed by atoms with van der Waals surface area (Å²) in [5.41, 5.74) is 1.16. The number of aromatic nitrogens is 1. The van der Waals surface area contributed by atoms with E-state index in [2.05, 4.69) is 15.0 Å². The highest BCUT2D eigenvalue weighted by molar-refractivity contribution is 7.89. The Bertz CT molecular complexity index is 774. The van der Waals surface area contributed by atoms with Crippen molar-refractivity contribution in [1.82, 2.24) is 15.0 Å². The lowest BCUT2D eigenvalue weighted by molar-refractivity contribution is 0.0950. The molecule has 0 aliphatic carbocycles. The summed E-state index contributed by atoms with van der Waals surface area (Å²) >= 11 is 0. The fraction of sp³-hybridized carbons (Fsp3) is 0.250. The third-order valence-electron chi connectivity index (χ3n) is 2.97. The number of hydrogen-bond donors (Lipinski definition) is 2. The molecule has 2 aromatic rings. The fourth-order valence-corrected chi connectivity index (χ4v) is 3.27. The van der Waals surface area contributed by atoms with E-state index in [1.807, 2.05) is 6.07 Å². The predicted molar refractivity (Wildman–Crippen MR) is 87.3 cm³/mol. The van der Waals surface area contributed by atoms with Gasteiger partial charge in [-0.05, 0) is 43.7 Å². The number of rotatable bonds is 6. The van der Waals surface area contributed by atoms with E-state index in [9.17, 15) is 13.2 Å². The van der Waals surface area contributed by atoms with E-state index < -0.39 is 10.0 Å². The Labute approximate surface area is 136 Å². The van der Waals surface area contributed by atoms with Crippen LogP contribution < -0.4 is 10.0 Å². The van der Waals surface area contributed by atoms with Gasteiger partial charge in [-0.25, -0.2) is 13.1 Å². The van der Waals surface area contributed by atoms with Gasteiger partial charge in [0.05, 0.1) is 4.90 Å². The second kappa shape index (κ2) is 7.34. The SMILES string of the molecule is CC(C)NS(=O)(=O)c1cccc(C(=O)NCc2cccnc2)c1. The van der Waals surface area contributed by atoms with E-state index in [1.54, 1.807) is 44.4 Å². The lowest BCUT2D eigenvalue weighted by Crippen LogP contribution is -2.30. The molecule has 1 amide bonds. The van der Waals surface area contributed by atoms with Gasteiger partial charge in [0.25, 0.3) is 5.91 Å². The third kappa shape index (κ3) is 4.87. The normalized spacial score (nSPS) is 11.4. The van der Waals surface area contributed by atoms with Gasteiger partial charge in [-0.2, -0.15) is 0 Å². The van der Waals surface area contributed by atoms with Crippen LogP contribution in [0.5, 0.6) is 0 Å². The van der Waals surface area contributed by atoms with E-state index in [0.717, 1.165) is 5.56 Å². The summed E-state index contributed by atoms with van der Waals surface area (Å²) in [6.45, 7) is 3.80. The van der Waals surface area contributed by atoms with Crippen molar-refractivity contribution in [3.8, 4) is 0 Å². The van der Waals surface area contributed by atoms with Crippen molar-refractivity contribution < 1.29 is 13.2 Å². The molecule has 0 saturated carbocycles. The molecule has 0 aliphatic rings. The molecule has 122 valence electrons. The largest absolute Gasteiger partial charge is 0.348 e. The van der Waals surface area contributed by atoms with Gasteiger partial charge >= 0.3 is 0 Å². The van der Waals surface area contributed by atoms with Gasteiger partial charge in [0, 0.05) is 30.5 Å². The molecule has 6 nitrogen and oxygen atoms in total. The first-order chi connectivity index (χ1) is 10.9. The molecule has 1 heterocycles. The summed E-state index contributed by atoms with van der Waals surface area (Å²) in [6, 6.07) is 9.36. The first-order valence-electron chi connectivity index (χ1n) is 7.18. The minimum Gasteiger partial charge on any atom is -0.348 e. The van der Waals surface area contributed by atoms with Gasteiger partial charge in [0.2, 0.25) is 10.0 Å². The summed E-state index contributed by atoms with van der Waals surface area (Å²) in [5, 5.41) is 2.74. The Balaban J connectivity index is 2.11. The van der Waals surface area contributed by atoms with Crippen LogP contribution in [0, 0.1) is 0 Å². The molecule has 0 saturated heterocycles. The minimum absolute atomic E-state index is 0.0697. The van der Waals surface area contributed by atoms with E-state index in [-0.39, 0.29) is 16.8 Å². The Morgan fingerprint density at radius 2 is 2.00 bits per heavy atom. The molecule has 1 aromatic heterocycles. The maximum absolute atomic E-state index is 12.2. The van der Waals surface area contributed by atoms with Crippen molar-refractivity contribution in [2.75, 3.05) is 0 Å². The molecular weight excluding hydrogens is 314 g/mol. The van der Waals surface area contributed by atoms with E-state index >= 15 is 0 Å². The second-order valence-electron chi connectivity index (χ2n) is 5.35. The first-order valence-corrected chi connectivity index (χ1v) is 8.66. The van der Waals surface area contributed by atoms with Crippen LogP contribution in [0.25, 0.3) is 0 Å². The van der Waals surface area contributed by atoms with Crippen LogP contribution in [-0.2, 0) is 16.6 Å². The van der Waals surface area contributed by atoms with Gasteiger partial charge < -0.3 is 5.32 Å². The monoisotopic (exact) mass is 333 g/mol. The summed E-state index contributed by atoms with van der Waals surface area (Å²) in [4.78, 5) is 16.2. The Morgan fingerprint density at radius 3 is 2.65 bits per heavy atom. The summed E-state index contributed by atoms with van der Waals surface area (Å²) in [5.74, 6) is -0.338. The lowest BCUT2D eigenvalue weighted by Gasteiger charge is -2.11. The van der Waals surface area contributed by atoms with Gasteiger partial charge in [0.15, 0.2) is 0 Å². The van der Waals surface area contributed by atoms with Gasteiger partial charge in [-0.1, -0.05) is 12.1 Å². The average molecular weight is 333 g/mol. The average Bonchev–Trinajstić information content (AvgIpc) is 2.52. The number of pyridine rings is 1. The molecule has 2 N–H and O–H groups in total. The zero-order chi connectivity index (χ0) is 16.9. The van der Waals surface area contributed by atoms with Gasteiger partial charge in [0.1, 0.15) is 0 Å². The quantitative estimate of drug-likeness (QED) is 0.842. The highest BCUT2D eigenvalue weighted by Crippen LogP contribution is 2.12. The van der Waals surface area contributed by atoms with E-state index in [1.165, 1.54) is 12.1 Å². The molecule has 2 rings (SSSR count). The zero-order valence-electron chi connectivity index (χ0n) is 13.0. The number of carbonyl (C=O) groups is 1. The maximum atomic E-state index is 12.2. The topological polar surface area (TPSA) is 88.2 Å². The molecule has 0 unspecified atom stereocenters. The number of nitrogens with one attached hydrogen (secondary N) is 2.